The standard InChI is InChI=1S/C16H24N2O2/c1-12(17-2)13-5-7-14(8-6-13)18-16(19)10-9-15-4-3-11-20-15/h5-8,12,15,17H,3-4,9-11H2,1-2H3,(H,18,19). The molecule has 0 radical (unpaired) electrons. The van der Waals surface area contributed by atoms with Gasteiger partial charge >= 0.3 is 0 Å². The van der Waals surface area contributed by atoms with Crippen molar-refractivity contribution in [1.82, 2.24) is 5.32 Å². The third kappa shape index (κ3) is 4.32. The molecule has 1 saturated heterocycles. The van der Waals surface area contributed by atoms with Crippen molar-refractivity contribution in [3.63, 3.8) is 0 Å². The minimum atomic E-state index is 0.0647. The van der Waals surface area contributed by atoms with E-state index in [4.69, 9.17) is 4.74 Å². The van der Waals surface area contributed by atoms with E-state index in [0.29, 0.717) is 12.5 Å². The maximum absolute atomic E-state index is 11.9. The number of ether oxygens (including phenoxy) is 1. The van der Waals surface area contributed by atoms with Crippen LogP contribution < -0.4 is 10.6 Å². The number of carbonyl (C=O) groups excluding carboxylic acids is 1. The van der Waals surface area contributed by atoms with E-state index in [1.165, 1.54) is 5.56 Å². The molecule has 1 amide bonds. The van der Waals surface area contributed by atoms with Crippen LogP contribution in [0.2, 0.25) is 0 Å². The normalized spacial score (nSPS) is 19.8. The smallest absolute Gasteiger partial charge is 0.224 e. The van der Waals surface area contributed by atoms with E-state index < -0.39 is 0 Å². The van der Waals surface area contributed by atoms with Crippen molar-refractivity contribution in [1.29, 1.82) is 0 Å². The fourth-order valence-corrected chi connectivity index (χ4v) is 2.41. The minimum absolute atomic E-state index is 0.0647. The highest BCUT2D eigenvalue weighted by molar-refractivity contribution is 5.90. The predicted octanol–water partition coefficient (Wildman–Crippen LogP) is 2.86. The quantitative estimate of drug-likeness (QED) is 0.840. The summed E-state index contributed by atoms with van der Waals surface area (Å²) in [6, 6.07) is 8.30. The van der Waals surface area contributed by atoms with E-state index in [1.807, 2.05) is 31.3 Å². The lowest BCUT2D eigenvalue weighted by Crippen LogP contribution is -2.15. The van der Waals surface area contributed by atoms with Crippen LogP contribution in [0.25, 0.3) is 0 Å². The lowest BCUT2D eigenvalue weighted by atomic mass is 10.1. The average Bonchev–Trinajstić information content (AvgIpc) is 2.98. The van der Waals surface area contributed by atoms with Gasteiger partial charge in [0, 0.05) is 24.8 Å². The molecule has 1 aromatic carbocycles. The molecule has 110 valence electrons. The first-order chi connectivity index (χ1) is 9.69. The van der Waals surface area contributed by atoms with Crippen molar-refractivity contribution in [2.75, 3.05) is 19.0 Å². The van der Waals surface area contributed by atoms with Crippen molar-refractivity contribution < 1.29 is 9.53 Å². The van der Waals surface area contributed by atoms with Gasteiger partial charge in [-0.3, -0.25) is 4.79 Å². The molecule has 2 unspecified atom stereocenters. The maximum atomic E-state index is 11.9. The van der Waals surface area contributed by atoms with Gasteiger partial charge in [0.1, 0.15) is 0 Å². The summed E-state index contributed by atoms with van der Waals surface area (Å²) in [5.41, 5.74) is 2.07. The van der Waals surface area contributed by atoms with Crippen molar-refractivity contribution >= 4 is 11.6 Å². The van der Waals surface area contributed by atoms with Gasteiger partial charge < -0.3 is 15.4 Å². The number of amides is 1. The first-order valence-corrected chi connectivity index (χ1v) is 7.37. The summed E-state index contributed by atoms with van der Waals surface area (Å²) in [5.74, 6) is 0.0647. The average molecular weight is 276 g/mol. The number of rotatable bonds is 6. The van der Waals surface area contributed by atoms with E-state index in [0.717, 1.165) is 31.6 Å². The van der Waals surface area contributed by atoms with Gasteiger partial charge in [-0.15, -0.1) is 0 Å². The predicted molar refractivity (Wildman–Crippen MR) is 80.8 cm³/mol. The molecule has 0 spiro atoms. The number of nitrogens with one attached hydrogen (secondary N) is 2. The molecule has 1 heterocycles. The number of benzene rings is 1. The SMILES string of the molecule is CNC(C)c1ccc(NC(=O)CCC2CCCO2)cc1. The van der Waals surface area contributed by atoms with Crippen molar-refractivity contribution in [3.05, 3.63) is 29.8 Å². The zero-order chi connectivity index (χ0) is 14.4. The second-order valence-electron chi connectivity index (χ2n) is 5.35. The summed E-state index contributed by atoms with van der Waals surface area (Å²) in [6.45, 7) is 2.95. The van der Waals surface area contributed by atoms with Crippen LogP contribution in [0.4, 0.5) is 5.69 Å². The monoisotopic (exact) mass is 276 g/mol. The number of hydrogen-bond donors (Lipinski definition) is 2. The third-order valence-electron chi connectivity index (χ3n) is 3.84. The Balaban J connectivity index is 1.78. The van der Waals surface area contributed by atoms with Gasteiger partial charge in [-0.2, -0.15) is 0 Å². The molecule has 0 aromatic heterocycles. The molecule has 0 saturated carbocycles. The molecule has 2 N–H and O–H groups in total. The van der Waals surface area contributed by atoms with Gasteiger partial charge in [0.05, 0.1) is 6.10 Å². The molecule has 2 rings (SSSR count). The molecule has 0 aliphatic carbocycles. The number of carbonyl (C=O) groups is 1. The molecule has 2 atom stereocenters. The van der Waals surface area contributed by atoms with Crippen LogP contribution >= 0.6 is 0 Å². The molecular formula is C16H24N2O2. The summed E-state index contributed by atoms with van der Waals surface area (Å²) in [5, 5.41) is 6.13. The Morgan fingerprint density at radius 3 is 2.75 bits per heavy atom. The van der Waals surface area contributed by atoms with Gasteiger partial charge in [0.2, 0.25) is 5.91 Å². The maximum Gasteiger partial charge on any atom is 0.224 e. The lowest BCUT2D eigenvalue weighted by molar-refractivity contribution is -0.116. The van der Waals surface area contributed by atoms with E-state index in [9.17, 15) is 4.79 Å². The van der Waals surface area contributed by atoms with Gasteiger partial charge in [-0.05, 0) is 50.9 Å². The van der Waals surface area contributed by atoms with Crippen LogP contribution in [-0.4, -0.2) is 25.7 Å². The highest BCUT2D eigenvalue weighted by atomic mass is 16.5. The van der Waals surface area contributed by atoms with Gasteiger partial charge in [-0.25, -0.2) is 0 Å². The highest BCUT2D eigenvalue weighted by Crippen LogP contribution is 2.18. The Hall–Kier alpha value is -1.39. The van der Waals surface area contributed by atoms with Crippen LogP contribution in [0.15, 0.2) is 24.3 Å². The van der Waals surface area contributed by atoms with Crippen LogP contribution in [-0.2, 0) is 9.53 Å². The molecular weight excluding hydrogens is 252 g/mol. The molecule has 1 aromatic rings. The van der Waals surface area contributed by atoms with Crippen LogP contribution in [0.3, 0.4) is 0 Å². The summed E-state index contributed by atoms with van der Waals surface area (Å²) in [7, 11) is 1.94. The van der Waals surface area contributed by atoms with E-state index in [1.54, 1.807) is 0 Å². The molecule has 20 heavy (non-hydrogen) atoms. The Kier molecular flexibility index (Phi) is 5.56. The first-order valence-electron chi connectivity index (χ1n) is 7.37. The summed E-state index contributed by atoms with van der Waals surface area (Å²) in [6.07, 6.45) is 3.83. The summed E-state index contributed by atoms with van der Waals surface area (Å²) in [4.78, 5) is 11.9. The Bertz CT molecular complexity index is 425. The molecule has 4 heteroatoms. The molecule has 1 aliphatic rings. The van der Waals surface area contributed by atoms with Crippen LogP contribution in [0, 0.1) is 0 Å². The third-order valence-corrected chi connectivity index (χ3v) is 3.84. The molecule has 4 nitrogen and oxygen atoms in total. The fourth-order valence-electron chi connectivity index (χ4n) is 2.41. The Morgan fingerprint density at radius 1 is 1.40 bits per heavy atom. The van der Waals surface area contributed by atoms with Crippen molar-refractivity contribution in [3.8, 4) is 0 Å². The van der Waals surface area contributed by atoms with Crippen molar-refractivity contribution in [2.45, 2.75) is 44.8 Å². The van der Waals surface area contributed by atoms with Gasteiger partial charge in [0.15, 0.2) is 0 Å². The Labute approximate surface area is 120 Å². The highest BCUT2D eigenvalue weighted by Gasteiger charge is 2.16. The number of anilines is 1. The van der Waals surface area contributed by atoms with Gasteiger partial charge in [-0.1, -0.05) is 12.1 Å². The molecule has 1 aliphatic heterocycles. The van der Waals surface area contributed by atoms with E-state index in [-0.39, 0.29) is 12.0 Å². The largest absolute Gasteiger partial charge is 0.378 e. The van der Waals surface area contributed by atoms with Gasteiger partial charge in [0.25, 0.3) is 0 Å². The first kappa shape index (κ1) is 15.0. The van der Waals surface area contributed by atoms with E-state index in [2.05, 4.69) is 17.6 Å². The lowest BCUT2D eigenvalue weighted by Gasteiger charge is -2.12. The Morgan fingerprint density at radius 2 is 2.15 bits per heavy atom. The second kappa shape index (κ2) is 7.41. The number of hydrogen-bond acceptors (Lipinski definition) is 3. The second-order valence-corrected chi connectivity index (χ2v) is 5.35. The fraction of sp³-hybridized carbons (Fsp3) is 0.562. The summed E-state index contributed by atoms with van der Waals surface area (Å²) >= 11 is 0. The van der Waals surface area contributed by atoms with Crippen LogP contribution in [0.5, 0.6) is 0 Å². The summed E-state index contributed by atoms with van der Waals surface area (Å²) < 4.78 is 5.52. The zero-order valence-electron chi connectivity index (χ0n) is 12.3. The zero-order valence-corrected chi connectivity index (χ0v) is 12.3. The minimum Gasteiger partial charge on any atom is -0.378 e. The molecule has 1 fully saturated rings. The topological polar surface area (TPSA) is 50.4 Å². The molecule has 0 bridgehead atoms. The van der Waals surface area contributed by atoms with Crippen molar-refractivity contribution in [2.24, 2.45) is 0 Å². The van der Waals surface area contributed by atoms with Crippen LogP contribution in [0.1, 0.15) is 44.2 Å². The van der Waals surface area contributed by atoms with E-state index >= 15 is 0 Å².